The van der Waals surface area contributed by atoms with Gasteiger partial charge in [-0.25, -0.2) is 4.79 Å². The second kappa shape index (κ2) is 6.08. The summed E-state index contributed by atoms with van der Waals surface area (Å²) in [4.78, 5) is 22.9. The van der Waals surface area contributed by atoms with Crippen molar-refractivity contribution in [2.24, 2.45) is 0 Å². The summed E-state index contributed by atoms with van der Waals surface area (Å²) >= 11 is 0. The Morgan fingerprint density at radius 1 is 1.38 bits per heavy atom. The highest BCUT2D eigenvalue weighted by Gasteiger charge is 2.15. The van der Waals surface area contributed by atoms with Crippen LogP contribution < -0.4 is 5.32 Å². The number of carbonyl (C=O) groups is 2. The number of hydrogen-bond donors (Lipinski definition) is 2. The van der Waals surface area contributed by atoms with Crippen LogP contribution in [0.4, 0.5) is 5.69 Å². The number of phenols is 1. The van der Waals surface area contributed by atoms with Gasteiger partial charge in [-0.15, -0.1) is 0 Å². The van der Waals surface area contributed by atoms with E-state index in [0.717, 1.165) is 0 Å². The van der Waals surface area contributed by atoms with Gasteiger partial charge in [-0.05, 0) is 25.1 Å². The highest BCUT2D eigenvalue weighted by Crippen LogP contribution is 2.22. The van der Waals surface area contributed by atoms with Crippen LogP contribution in [-0.4, -0.2) is 22.1 Å². The molecule has 21 heavy (non-hydrogen) atoms. The lowest BCUT2D eigenvalue weighted by Gasteiger charge is -2.07. The van der Waals surface area contributed by atoms with Crippen molar-refractivity contribution in [2.45, 2.75) is 20.5 Å². The number of benzene rings is 1. The minimum absolute atomic E-state index is 0.0403. The van der Waals surface area contributed by atoms with Gasteiger partial charge >= 0.3 is 5.97 Å². The predicted molar refractivity (Wildman–Crippen MR) is 72.8 cm³/mol. The summed E-state index contributed by atoms with van der Waals surface area (Å²) in [6, 6.07) is 5.77. The molecule has 1 aromatic carbocycles. The molecule has 0 saturated carbocycles. The molecule has 0 radical (unpaired) electrons. The fourth-order valence-electron chi connectivity index (χ4n) is 1.68. The van der Waals surface area contributed by atoms with Crippen molar-refractivity contribution in [1.82, 2.24) is 5.16 Å². The van der Waals surface area contributed by atoms with Crippen molar-refractivity contribution in [3.8, 4) is 5.75 Å². The van der Waals surface area contributed by atoms with Crippen molar-refractivity contribution >= 4 is 17.6 Å². The number of aromatic hydroxyl groups is 1. The molecule has 7 heteroatoms. The molecule has 0 unspecified atom stereocenters. The molecule has 0 atom stereocenters. The van der Waals surface area contributed by atoms with Gasteiger partial charge < -0.3 is 19.7 Å². The molecule has 0 aliphatic carbocycles. The maximum absolute atomic E-state index is 11.9. The van der Waals surface area contributed by atoms with Crippen molar-refractivity contribution in [3.05, 3.63) is 41.3 Å². The first kappa shape index (κ1) is 14.6. The van der Waals surface area contributed by atoms with Gasteiger partial charge in [0.1, 0.15) is 29.4 Å². The van der Waals surface area contributed by atoms with E-state index < -0.39 is 5.97 Å². The maximum atomic E-state index is 11.9. The van der Waals surface area contributed by atoms with Crippen LogP contribution in [0.3, 0.4) is 0 Å². The first-order chi connectivity index (χ1) is 9.95. The van der Waals surface area contributed by atoms with Crippen molar-refractivity contribution in [1.29, 1.82) is 0 Å². The second-order valence-corrected chi connectivity index (χ2v) is 4.42. The van der Waals surface area contributed by atoms with Gasteiger partial charge in [-0.2, -0.15) is 0 Å². The molecule has 1 aromatic heterocycles. The van der Waals surface area contributed by atoms with Gasteiger partial charge in [0.25, 0.3) is 0 Å². The van der Waals surface area contributed by atoms with Crippen LogP contribution in [0.25, 0.3) is 0 Å². The van der Waals surface area contributed by atoms with E-state index in [1.54, 1.807) is 13.0 Å². The van der Waals surface area contributed by atoms with E-state index in [1.165, 1.54) is 25.1 Å². The largest absolute Gasteiger partial charge is 0.507 e. The Bertz CT molecular complexity index is 678. The SMILES string of the molecule is CC(=O)Nc1ccc(O)c(C(=O)OCc2cc(C)on2)c1. The summed E-state index contributed by atoms with van der Waals surface area (Å²) in [6.45, 7) is 3.00. The van der Waals surface area contributed by atoms with Crippen LogP contribution in [0.2, 0.25) is 0 Å². The highest BCUT2D eigenvalue weighted by molar-refractivity contribution is 5.95. The minimum Gasteiger partial charge on any atom is -0.507 e. The number of amides is 1. The number of carbonyl (C=O) groups excluding carboxylic acids is 2. The Balaban J connectivity index is 2.08. The zero-order chi connectivity index (χ0) is 15.4. The molecule has 2 rings (SSSR count). The Hall–Kier alpha value is -2.83. The average molecular weight is 290 g/mol. The molecule has 110 valence electrons. The Kier molecular flexibility index (Phi) is 4.22. The first-order valence-electron chi connectivity index (χ1n) is 6.15. The summed E-state index contributed by atoms with van der Waals surface area (Å²) in [7, 11) is 0. The van der Waals surface area contributed by atoms with E-state index in [0.29, 0.717) is 17.1 Å². The zero-order valence-electron chi connectivity index (χ0n) is 11.5. The fraction of sp³-hybridized carbons (Fsp3) is 0.214. The Morgan fingerprint density at radius 3 is 2.76 bits per heavy atom. The summed E-state index contributed by atoms with van der Waals surface area (Å²) in [5.41, 5.74) is 0.823. The first-order valence-corrected chi connectivity index (χ1v) is 6.15. The van der Waals surface area contributed by atoms with E-state index >= 15 is 0 Å². The smallest absolute Gasteiger partial charge is 0.342 e. The molecular weight excluding hydrogens is 276 g/mol. The molecule has 2 N–H and O–H groups in total. The Labute approximate surface area is 120 Å². The standard InChI is InChI=1S/C14H14N2O5/c1-8-5-11(16-21-8)7-20-14(19)12-6-10(15-9(2)17)3-4-13(12)18/h3-6,18H,7H2,1-2H3,(H,15,17). The van der Waals surface area contributed by atoms with Gasteiger partial charge in [0.05, 0.1) is 0 Å². The van der Waals surface area contributed by atoms with Crippen molar-refractivity contribution < 1.29 is 24.0 Å². The highest BCUT2D eigenvalue weighted by atomic mass is 16.5. The molecule has 0 saturated heterocycles. The molecule has 0 fully saturated rings. The molecule has 2 aromatic rings. The lowest BCUT2D eigenvalue weighted by Crippen LogP contribution is -2.09. The molecule has 0 aliphatic rings. The van der Waals surface area contributed by atoms with Gasteiger partial charge in [-0.1, -0.05) is 5.16 Å². The lowest BCUT2D eigenvalue weighted by atomic mass is 10.1. The number of ether oxygens (including phenoxy) is 1. The summed E-state index contributed by atoms with van der Waals surface area (Å²) in [5.74, 6) is -0.625. The number of aryl methyl sites for hydroxylation is 1. The number of nitrogens with one attached hydrogen (secondary N) is 1. The monoisotopic (exact) mass is 290 g/mol. The maximum Gasteiger partial charge on any atom is 0.342 e. The Morgan fingerprint density at radius 2 is 2.14 bits per heavy atom. The molecule has 7 nitrogen and oxygen atoms in total. The van der Waals surface area contributed by atoms with Crippen LogP contribution in [-0.2, 0) is 16.1 Å². The van der Waals surface area contributed by atoms with Gasteiger partial charge in [0.2, 0.25) is 5.91 Å². The van der Waals surface area contributed by atoms with E-state index in [9.17, 15) is 14.7 Å². The van der Waals surface area contributed by atoms with Crippen LogP contribution in [0, 0.1) is 6.92 Å². The number of rotatable bonds is 4. The van der Waals surface area contributed by atoms with E-state index in [-0.39, 0.29) is 23.8 Å². The van der Waals surface area contributed by atoms with Gasteiger partial charge in [0, 0.05) is 18.7 Å². The topological polar surface area (TPSA) is 102 Å². The zero-order valence-corrected chi connectivity index (χ0v) is 11.5. The van der Waals surface area contributed by atoms with Crippen molar-refractivity contribution in [3.63, 3.8) is 0 Å². The normalized spacial score (nSPS) is 10.2. The molecule has 0 spiro atoms. The fourth-order valence-corrected chi connectivity index (χ4v) is 1.68. The minimum atomic E-state index is -0.722. The number of phenolic OH excluding ortho intramolecular Hbond substituents is 1. The number of nitrogens with zero attached hydrogens (tertiary/aromatic N) is 1. The third-order valence-electron chi connectivity index (χ3n) is 2.56. The summed E-state index contributed by atoms with van der Waals surface area (Å²) in [5, 5.41) is 15.9. The molecule has 0 bridgehead atoms. The van der Waals surface area contributed by atoms with Crippen molar-refractivity contribution in [2.75, 3.05) is 5.32 Å². The van der Waals surface area contributed by atoms with Crippen LogP contribution >= 0.6 is 0 Å². The van der Waals surface area contributed by atoms with E-state index in [1.807, 2.05) is 0 Å². The average Bonchev–Trinajstić information content (AvgIpc) is 2.83. The summed E-state index contributed by atoms with van der Waals surface area (Å²) in [6.07, 6.45) is 0. The van der Waals surface area contributed by atoms with E-state index in [2.05, 4.69) is 10.5 Å². The van der Waals surface area contributed by atoms with E-state index in [4.69, 9.17) is 9.26 Å². The molecule has 0 aliphatic heterocycles. The van der Waals surface area contributed by atoms with Crippen LogP contribution in [0.1, 0.15) is 28.7 Å². The summed E-state index contributed by atoms with van der Waals surface area (Å²) < 4.78 is 9.89. The number of aromatic nitrogens is 1. The van der Waals surface area contributed by atoms with Gasteiger partial charge in [0.15, 0.2) is 0 Å². The number of hydrogen-bond acceptors (Lipinski definition) is 6. The molecular formula is C14H14N2O5. The third-order valence-corrected chi connectivity index (χ3v) is 2.56. The third kappa shape index (κ3) is 3.82. The lowest BCUT2D eigenvalue weighted by molar-refractivity contribution is -0.114. The second-order valence-electron chi connectivity index (χ2n) is 4.42. The molecule has 1 heterocycles. The van der Waals surface area contributed by atoms with Gasteiger partial charge in [-0.3, -0.25) is 4.79 Å². The predicted octanol–water partition coefficient (Wildman–Crippen LogP) is 2.00. The molecule has 1 amide bonds. The number of esters is 1. The quantitative estimate of drug-likeness (QED) is 0.659. The number of anilines is 1. The van der Waals surface area contributed by atoms with Crippen LogP contribution in [0.5, 0.6) is 5.75 Å². The van der Waals surface area contributed by atoms with Crippen LogP contribution in [0.15, 0.2) is 28.8 Å².